The minimum absolute atomic E-state index is 0.475. The van der Waals surface area contributed by atoms with E-state index in [2.05, 4.69) is 6.92 Å². The van der Waals surface area contributed by atoms with Crippen molar-refractivity contribution in [3.8, 4) is 0 Å². The van der Waals surface area contributed by atoms with Crippen LogP contribution in [-0.2, 0) is 0 Å². The predicted octanol–water partition coefficient (Wildman–Crippen LogP) is 2.53. The molecule has 3 unspecified atom stereocenters. The largest absolute Gasteiger partial charge is 0.244 e. The van der Waals surface area contributed by atoms with Crippen molar-refractivity contribution in [3.05, 3.63) is 0 Å². The summed E-state index contributed by atoms with van der Waals surface area (Å²) in [6, 6.07) is 0. The van der Waals surface area contributed by atoms with Crippen molar-refractivity contribution in [2.75, 3.05) is 0 Å². The van der Waals surface area contributed by atoms with Gasteiger partial charge in [0.25, 0.3) is 0 Å². The Kier molecular flexibility index (Phi) is 0.950. The van der Waals surface area contributed by atoms with Gasteiger partial charge in [0.15, 0.2) is 0 Å². The second-order valence-electron chi connectivity index (χ2n) is 3.55. The molecule has 0 amide bonds. The van der Waals surface area contributed by atoms with Crippen molar-refractivity contribution in [1.82, 2.24) is 0 Å². The van der Waals surface area contributed by atoms with E-state index in [1.165, 1.54) is 6.42 Å². The molecule has 2 aliphatic rings. The first-order valence-corrected chi connectivity index (χ1v) is 3.95. The van der Waals surface area contributed by atoms with Gasteiger partial charge in [0.2, 0.25) is 0 Å². The molecular weight excluding hydrogens is 115 g/mol. The summed E-state index contributed by atoms with van der Waals surface area (Å²) >= 11 is 0. The summed E-state index contributed by atoms with van der Waals surface area (Å²) in [6.07, 6.45) is 4.08. The molecule has 0 aliphatic heterocycles. The monoisotopic (exact) mass is 128 g/mol. The van der Waals surface area contributed by atoms with Crippen molar-refractivity contribution < 1.29 is 4.39 Å². The molecule has 3 atom stereocenters. The van der Waals surface area contributed by atoms with Crippen LogP contribution in [0, 0.1) is 11.8 Å². The zero-order chi connectivity index (χ0) is 6.48. The average Bonchev–Trinajstić information content (AvgIpc) is 2.39. The van der Waals surface area contributed by atoms with Gasteiger partial charge in [-0.2, -0.15) is 0 Å². The zero-order valence-electron chi connectivity index (χ0n) is 5.86. The van der Waals surface area contributed by atoms with Crippen molar-refractivity contribution in [3.63, 3.8) is 0 Å². The molecule has 1 heteroatoms. The maximum Gasteiger partial charge on any atom is 0.114 e. The van der Waals surface area contributed by atoms with Crippen LogP contribution < -0.4 is 0 Å². The molecule has 0 radical (unpaired) electrons. The van der Waals surface area contributed by atoms with E-state index < -0.39 is 5.67 Å². The molecule has 0 saturated heterocycles. The van der Waals surface area contributed by atoms with Crippen LogP contribution in [-0.4, -0.2) is 5.67 Å². The van der Waals surface area contributed by atoms with Gasteiger partial charge < -0.3 is 0 Å². The van der Waals surface area contributed by atoms with E-state index in [0.29, 0.717) is 5.92 Å². The van der Waals surface area contributed by atoms with Gasteiger partial charge >= 0.3 is 0 Å². The van der Waals surface area contributed by atoms with Gasteiger partial charge in [-0.1, -0.05) is 13.3 Å². The van der Waals surface area contributed by atoms with Gasteiger partial charge in [-0.05, 0) is 31.1 Å². The number of fused-ring (bicyclic) bond motifs is 1. The smallest absolute Gasteiger partial charge is 0.114 e. The third-order valence-corrected chi connectivity index (χ3v) is 3.09. The molecule has 0 aromatic carbocycles. The van der Waals surface area contributed by atoms with Crippen molar-refractivity contribution in [2.45, 2.75) is 38.3 Å². The lowest BCUT2D eigenvalue weighted by Crippen LogP contribution is -1.96. The van der Waals surface area contributed by atoms with Gasteiger partial charge in [-0.25, -0.2) is 4.39 Å². The van der Waals surface area contributed by atoms with Gasteiger partial charge in [0.05, 0.1) is 0 Å². The first-order valence-electron chi connectivity index (χ1n) is 3.95. The van der Waals surface area contributed by atoms with E-state index in [-0.39, 0.29) is 0 Å². The maximum absolute atomic E-state index is 13.1. The highest BCUT2D eigenvalue weighted by atomic mass is 19.1. The molecule has 2 aliphatic carbocycles. The Bertz CT molecular complexity index is 133. The van der Waals surface area contributed by atoms with E-state index in [1.54, 1.807) is 0 Å². The van der Waals surface area contributed by atoms with Crippen LogP contribution >= 0.6 is 0 Å². The molecule has 0 bridgehead atoms. The first-order chi connectivity index (χ1) is 4.26. The summed E-state index contributed by atoms with van der Waals surface area (Å²) < 4.78 is 13.1. The summed E-state index contributed by atoms with van der Waals surface area (Å²) in [5, 5.41) is 0. The average molecular weight is 128 g/mol. The molecule has 2 fully saturated rings. The summed E-state index contributed by atoms with van der Waals surface area (Å²) in [5.41, 5.74) is -0.666. The fourth-order valence-corrected chi connectivity index (χ4v) is 2.30. The number of halogens is 1. The summed E-state index contributed by atoms with van der Waals surface area (Å²) in [6.45, 7) is 2.18. The molecule has 2 rings (SSSR count). The molecule has 0 nitrogen and oxygen atoms in total. The van der Waals surface area contributed by atoms with E-state index in [1.807, 2.05) is 0 Å². The van der Waals surface area contributed by atoms with E-state index >= 15 is 0 Å². The Morgan fingerprint density at radius 2 is 2.44 bits per heavy atom. The van der Waals surface area contributed by atoms with Crippen molar-refractivity contribution in [2.24, 2.45) is 11.8 Å². The molecular formula is C8H13F. The molecule has 2 saturated carbocycles. The standard InChI is InChI=1S/C8H13F/c1-2-6-3-4-8(9)5-7(6)8/h6-7H,2-5H2,1H3. The third kappa shape index (κ3) is 0.637. The van der Waals surface area contributed by atoms with Gasteiger partial charge in [-0.3, -0.25) is 0 Å². The summed E-state index contributed by atoms with van der Waals surface area (Å²) in [7, 11) is 0. The Hall–Kier alpha value is -0.0700. The molecule has 0 aromatic heterocycles. The molecule has 9 heavy (non-hydrogen) atoms. The molecule has 0 spiro atoms. The van der Waals surface area contributed by atoms with E-state index in [0.717, 1.165) is 25.2 Å². The van der Waals surface area contributed by atoms with E-state index in [9.17, 15) is 4.39 Å². The quantitative estimate of drug-likeness (QED) is 0.509. The van der Waals surface area contributed by atoms with E-state index in [4.69, 9.17) is 0 Å². The third-order valence-electron chi connectivity index (χ3n) is 3.09. The van der Waals surface area contributed by atoms with Crippen LogP contribution in [0.1, 0.15) is 32.6 Å². The Morgan fingerprint density at radius 1 is 1.67 bits per heavy atom. The molecule has 0 aromatic rings. The highest BCUT2D eigenvalue weighted by molar-refractivity contribution is 5.11. The number of hydrogen-bond acceptors (Lipinski definition) is 0. The highest BCUT2D eigenvalue weighted by Gasteiger charge is 2.61. The number of hydrogen-bond donors (Lipinski definition) is 0. The SMILES string of the molecule is CCC1CCC2(F)CC12. The fraction of sp³-hybridized carbons (Fsp3) is 1.00. The highest BCUT2D eigenvalue weighted by Crippen LogP contribution is 2.62. The van der Waals surface area contributed by atoms with Crippen LogP contribution in [0.15, 0.2) is 0 Å². The topological polar surface area (TPSA) is 0 Å². The van der Waals surface area contributed by atoms with Crippen LogP contribution in [0.3, 0.4) is 0 Å². The Morgan fingerprint density at radius 3 is 2.67 bits per heavy atom. The van der Waals surface area contributed by atoms with Crippen LogP contribution in [0.5, 0.6) is 0 Å². The van der Waals surface area contributed by atoms with Gasteiger partial charge in [0.1, 0.15) is 5.67 Å². The number of rotatable bonds is 1. The normalized spacial score (nSPS) is 55.3. The molecule has 0 N–H and O–H groups in total. The minimum Gasteiger partial charge on any atom is -0.244 e. The van der Waals surface area contributed by atoms with Crippen LogP contribution in [0.25, 0.3) is 0 Å². The van der Waals surface area contributed by atoms with Crippen LogP contribution in [0.2, 0.25) is 0 Å². The summed E-state index contributed by atoms with van der Waals surface area (Å²) in [5.74, 6) is 1.21. The first kappa shape index (κ1) is 5.70. The maximum atomic E-state index is 13.1. The molecule has 52 valence electrons. The second-order valence-corrected chi connectivity index (χ2v) is 3.55. The lowest BCUT2D eigenvalue weighted by Gasteiger charge is -2.03. The lowest BCUT2D eigenvalue weighted by molar-refractivity contribution is 0.294. The predicted molar refractivity (Wildman–Crippen MR) is 35.0 cm³/mol. The Balaban J connectivity index is 2.04. The minimum atomic E-state index is -0.666. The lowest BCUT2D eigenvalue weighted by atomic mass is 10.0. The fourth-order valence-electron chi connectivity index (χ4n) is 2.30. The number of alkyl halides is 1. The summed E-state index contributed by atoms with van der Waals surface area (Å²) in [4.78, 5) is 0. The van der Waals surface area contributed by atoms with Gasteiger partial charge in [0, 0.05) is 0 Å². The molecule has 0 heterocycles. The Labute approximate surface area is 55.4 Å². The second kappa shape index (κ2) is 1.50. The van der Waals surface area contributed by atoms with Crippen molar-refractivity contribution >= 4 is 0 Å². The van der Waals surface area contributed by atoms with Crippen molar-refractivity contribution in [1.29, 1.82) is 0 Å². The zero-order valence-corrected chi connectivity index (χ0v) is 5.86. The van der Waals surface area contributed by atoms with Gasteiger partial charge in [-0.15, -0.1) is 0 Å². The van der Waals surface area contributed by atoms with Crippen LogP contribution in [0.4, 0.5) is 4.39 Å².